The van der Waals surface area contributed by atoms with Crippen molar-refractivity contribution in [1.82, 2.24) is 19.5 Å². The molecule has 3 rings (SSSR count). The number of hydrogen-bond acceptors (Lipinski definition) is 5. The van der Waals surface area contributed by atoms with Crippen LogP contribution in [-0.2, 0) is 16.6 Å². The lowest BCUT2D eigenvalue weighted by Gasteiger charge is -2.09. The highest BCUT2D eigenvalue weighted by molar-refractivity contribution is 7.89. The Morgan fingerprint density at radius 3 is 2.70 bits per heavy atom. The molecule has 0 bridgehead atoms. The van der Waals surface area contributed by atoms with Crippen LogP contribution in [0.2, 0.25) is 0 Å². The molecule has 0 unspecified atom stereocenters. The molecule has 0 aliphatic rings. The van der Waals surface area contributed by atoms with E-state index in [1.54, 1.807) is 29.2 Å². The highest BCUT2D eigenvalue weighted by atomic mass is 32.2. The summed E-state index contributed by atoms with van der Waals surface area (Å²) in [6.45, 7) is 2.76. The maximum absolute atomic E-state index is 12.1. The number of rotatable bonds is 9. The van der Waals surface area contributed by atoms with Gasteiger partial charge in [0.1, 0.15) is 12.4 Å². The van der Waals surface area contributed by atoms with Crippen LogP contribution in [0.3, 0.4) is 0 Å². The monoisotopic (exact) mass is 386 g/mol. The summed E-state index contributed by atoms with van der Waals surface area (Å²) < 4.78 is 34.0. The number of ether oxygens (including phenoxy) is 1. The second-order valence-corrected chi connectivity index (χ2v) is 7.94. The predicted octanol–water partition coefficient (Wildman–Crippen LogP) is 2.25. The van der Waals surface area contributed by atoms with Crippen molar-refractivity contribution in [3.8, 4) is 17.0 Å². The number of aromatic nitrogens is 3. The third kappa shape index (κ3) is 5.63. The van der Waals surface area contributed by atoms with Crippen LogP contribution in [-0.4, -0.2) is 42.1 Å². The van der Waals surface area contributed by atoms with Crippen molar-refractivity contribution < 1.29 is 13.2 Å². The van der Waals surface area contributed by atoms with E-state index < -0.39 is 10.0 Å². The van der Waals surface area contributed by atoms with Crippen LogP contribution >= 0.6 is 0 Å². The fourth-order valence-corrected chi connectivity index (χ4v) is 3.41. The molecular formula is C19H22N4O3S. The zero-order chi connectivity index (χ0) is 19.1. The third-order valence-corrected chi connectivity index (χ3v) is 5.30. The van der Waals surface area contributed by atoms with Crippen molar-refractivity contribution >= 4 is 10.0 Å². The second-order valence-electron chi connectivity index (χ2n) is 6.01. The summed E-state index contributed by atoms with van der Waals surface area (Å²) in [4.78, 5) is 4.09. The van der Waals surface area contributed by atoms with E-state index >= 15 is 0 Å². The van der Waals surface area contributed by atoms with E-state index in [4.69, 9.17) is 4.74 Å². The van der Waals surface area contributed by atoms with Gasteiger partial charge in [0.25, 0.3) is 0 Å². The maximum atomic E-state index is 12.1. The van der Waals surface area contributed by atoms with Crippen LogP contribution in [0, 0.1) is 6.92 Å². The van der Waals surface area contributed by atoms with E-state index in [1.165, 1.54) is 0 Å². The van der Waals surface area contributed by atoms with Crippen molar-refractivity contribution in [2.75, 3.05) is 18.9 Å². The highest BCUT2D eigenvalue weighted by Gasteiger charge is 2.11. The summed E-state index contributed by atoms with van der Waals surface area (Å²) in [5.74, 6) is 0.559. The molecule has 0 saturated carbocycles. The van der Waals surface area contributed by atoms with Crippen LogP contribution < -0.4 is 9.46 Å². The topological polar surface area (TPSA) is 86.1 Å². The molecule has 0 fully saturated rings. The quantitative estimate of drug-likeness (QED) is 0.610. The van der Waals surface area contributed by atoms with E-state index in [0.29, 0.717) is 12.3 Å². The second kappa shape index (κ2) is 8.79. The summed E-state index contributed by atoms with van der Waals surface area (Å²) in [6, 6.07) is 14.9. The van der Waals surface area contributed by atoms with Gasteiger partial charge in [-0.2, -0.15) is 5.10 Å². The number of sulfonamides is 1. The molecule has 2 heterocycles. The normalized spacial score (nSPS) is 11.4. The number of nitrogens with zero attached hydrogens (tertiary/aromatic N) is 3. The molecule has 0 spiro atoms. The first-order chi connectivity index (χ1) is 13.0. The van der Waals surface area contributed by atoms with Gasteiger partial charge >= 0.3 is 0 Å². The molecule has 1 aromatic carbocycles. The van der Waals surface area contributed by atoms with E-state index in [2.05, 4.69) is 14.8 Å². The molecule has 1 N–H and O–H groups in total. The van der Waals surface area contributed by atoms with Crippen molar-refractivity contribution in [2.45, 2.75) is 13.5 Å². The first kappa shape index (κ1) is 19.1. The first-order valence-electron chi connectivity index (χ1n) is 8.63. The molecule has 3 aromatic rings. The van der Waals surface area contributed by atoms with Crippen molar-refractivity contribution in [3.63, 3.8) is 0 Å². The first-order valence-corrected chi connectivity index (χ1v) is 10.3. The van der Waals surface area contributed by atoms with Gasteiger partial charge in [-0.15, -0.1) is 0 Å². The van der Waals surface area contributed by atoms with Gasteiger partial charge in [-0.1, -0.05) is 18.2 Å². The summed E-state index contributed by atoms with van der Waals surface area (Å²) in [6.07, 6.45) is 3.46. The average Bonchev–Trinajstić information content (AvgIpc) is 3.04. The van der Waals surface area contributed by atoms with Gasteiger partial charge in [-0.3, -0.25) is 9.67 Å². The number of hydrogen-bond donors (Lipinski definition) is 1. The highest BCUT2D eigenvalue weighted by Crippen LogP contribution is 2.17. The van der Waals surface area contributed by atoms with Crippen LogP contribution in [0.5, 0.6) is 5.75 Å². The van der Waals surface area contributed by atoms with Crippen LogP contribution in [0.25, 0.3) is 11.3 Å². The predicted molar refractivity (Wildman–Crippen MR) is 104 cm³/mol. The summed E-state index contributed by atoms with van der Waals surface area (Å²) in [7, 11) is -3.41. The lowest BCUT2D eigenvalue weighted by Crippen LogP contribution is -2.32. The number of nitrogens with one attached hydrogen (secondary N) is 1. The minimum atomic E-state index is -3.41. The molecule has 8 heteroatoms. The summed E-state index contributed by atoms with van der Waals surface area (Å²) in [5, 5.41) is 4.52. The number of para-hydroxylation sites is 1. The summed E-state index contributed by atoms with van der Waals surface area (Å²) in [5.41, 5.74) is 2.71. The molecule has 142 valence electrons. The fraction of sp³-hybridized carbons (Fsp3) is 0.263. The third-order valence-electron chi connectivity index (χ3n) is 3.95. The molecule has 0 amide bonds. The maximum Gasteiger partial charge on any atom is 0.215 e. The Labute approximate surface area is 159 Å². The molecular weight excluding hydrogens is 364 g/mol. The number of pyridine rings is 1. The number of aryl methyl sites for hydroxylation is 1. The largest absolute Gasteiger partial charge is 0.492 e. The molecule has 0 aliphatic heterocycles. The molecule has 2 aromatic heterocycles. The molecule has 7 nitrogen and oxygen atoms in total. The van der Waals surface area contributed by atoms with E-state index in [9.17, 15) is 8.42 Å². The van der Waals surface area contributed by atoms with Crippen molar-refractivity contribution in [1.29, 1.82) is 0 Å². The van der Waals surface area contributed by atoms with Crippen molar-refractivity contribution in [3.05, 3.63) is 66.6 Å². The van der Waals surface area contributed by atoms with Gasteiger partial charge < -0.3 is 4.74 Å². The molecule has 27 heavy (non-hydrogen) atoms. The lowest BCUT2D eigenvalue weighted by molar-refractivity contribution is 0.340. The zero-order valence-electron chi connectivity index (χ0n) is 15.1. The molecule has 0 aliphatic carbocycles. The van der Waals surface area contributed by atoms with Gasteiger partial charge in [0.05, 0.1) is 18.0 Å². The number of benzene rings is 1. The lowest BCUT2D eigenvalue weighted by atomic mass is 10.2. The minimum Gasteiger partial charge on any atom is -0.492 e. The van der Waals surface area contributed by atoms with Gasteiger partial charge in [-0.05, 0) is 37.3 Å². The Morgan fingerprint density at radius 1 is 1.15 bits per heavy atom. The van der Waals surface area contributed by atoms with Crippen LogP contribution in [0.4, 0.5) is 0 Å². The Kier molecular flexibility index (Phi) is 6.20. The Balaban J connectivity index is 1.48. The van der Waals surface area contributed by atoms with E-state index in [-0.39, 0.29) is 18.9 Å². The van der Waals surface area contributed by atoms with E-state index in [1.807, 2.05) is 43.3 Å². The standard InChI is InChI=1S/C19H22N4O3S/c1-16-14-19(17-6-5-9-20-15-17)22-23(16)11-10-21-27(24,25)13-12-26-18-7-3-2-4-8-18/h2-9,14-15,21H,10-13H2,1H3. The molecule has 0 radical (unpaired) electrons. The average molecular weight is 386 g/mol. The van der Waals surface area contributed by atoms with Gasteiger partial charge in [0.2, 0.25) is 10.0 Å². The SMILES string of the molecule is Cc1cc(-c2cccnc2)nn1CCNS(=O)(=O)CCOc1ccccc1. The Hall–Kier alpha value is -2.71. The van der Waals surface area contributed by atoms with Crippen LogP contribution in [0.1, 0.15) is 5.69 Å². The fourth-order valence-electron chi connectivity index (χ4n) is 2.56. The van der Waals surface area contributed by atoms with E-state index in [0.717, 1.165) is 17.0 Å². The Morgan fingerprint density at radius 2 is 1.96 bits per heavy atom. The molecule has 0 atom stereocenters. The van der Waals surface area contributed by atoms with Crippen LogP contribution in [0.15, 0.2) is 60.9 Å². The molecule has 0 saturated heterocycles. The van der Waals surface area contributed by atoms with Crippen molar-refractivity contribution in [2.24, 2.45) is 0 Å². The Bertz CT molecular complexity index is 957. The zero-order valence-corrected chi connectivity index (χ0v) is 15.9. The smallest absolute Gasteiger partial charge is 0.215 e. The summed E-state index contributed by atoms with van der Waals surface area (Å²) >= 11 is 0. The van der Waals surface area contributed by atoms with Gasteiger partial charge in [-0.25, -0.2) is 13.1 Å². The minimum absolute atomic E-state index is 0.0963. The van der Waals surface area contributed by atoms with Gasteiger partial charge in [0.15, 0.2) is 0 Å². The van der Waals surface area contributed by atoms with Gasteiger partial charge in [0, 0.05) is 30.2 Å².